The molecule has 0 bridgehead atoms. The fourth-order valence-corrected chi connectivity index (χ4v) is 1.55. The van der Waals surface area contributed by atoms with Crippen LogP contribution in [0.2, 0.25) is 0 Å². The molecule has 0 aliphatic heterocycles. The number of aromatic carboxylic acids is 1. The summed E-state index contributed by atoms with van der Waals surface area (Å²) in [7, 11) is -4.46. The molecule has 1 rings (SSSR count). The van der Waals surface area contributed by atoms with Gasteiger partial charge in [0, 0.05) is 103 Å². The Morgan fingerprint density at radius 1 is 1.13 bits per heavy atom. The average molecular weight is 280 g/mol. The summed E-state index contributed by atoms with van der Waals surface area (Å²) >= 11 is 0. The van der Waals surface area contributed by atoms with Crippen LogP contribution in [-0.4, -0.2) is 127 Å². The van der Waals surface area contributed by atoms with Crippen molar-refractivity contribution in [2.24, 2.45) is 0 Å². The largest absolute Gasteiger partial charge is 0.478 e. The third-order valence-electron chi connectivity index (χ3n) is 1.40. The molecule has 0 aromatic heterocycles. The molecule has 5 nitrogen and oxygen atoms in total. The molecule has 0 saturated carbocycles. The van der Waals surface area contributed by atoms with Crippen molar-refractivity contribution in [2.45, 2.75) is 4.90 Å². The van der Waals surface area contributed by atoms with Crippen molar-refractivity contribution in [3.63, 3.8) is 0 Å². The Kier molecular flexibility index (Phi) is 10.3. The van der Waals surface area contributed by atoms with Crippen LogP contribution in [0.25, 0.3) is 0 Å². The van der Waals surface area contributed by atoms with E-state index in [2.05, 4.69) is 0 Å². The first-order valence-electron chi connectivity index (χ1n) is 3.23. The van der Waals surface area contributed by atoms with Crippen LogP contribution in [0, 0.1) is 0 Å². The minimum atomic E-state index is -4.46. The maximum atomic E-state index is 10.7. The minimum Gasteiger partial charge on any atom is -0.478 e. The molecule has 2 radical (unpaired) electrons. The van der Waals surface area contributed by atoms with Crippen LogP contribution >= 0.6 is 0 Å². The Bertz CT molecular complexity index is 442. The number of carbonyl (C=O) groups is 1. The van der Waals surface area contributed by atoms with Gasteiger partial charge in [0.25, 0.3) is 10.1 Å². The molecule has 1 aromatic carbocycles. The summed E-state index contributed by atoms with van der Waals surface area (Å²) in [6, 6.07) is 4.83. The van der Waals surface area contributed by atoms with Crippen molar-refractivity contribution in [3.8, 4) is 0 Å². The fraction of sp³-hybridized carbons (Fsp3) is 0. The summed E-state index contributed by atoms with van der Waals surface area (Å²) in [5.74, 6) is -1.40. The second kappa shape index (κ2) is 8.06. The maximum Gasteiger partial charge on any atom is 0.337 e. The Morgan fingerprint density at radius 3 is 1.93 bits per heavy atom. The molecule has 2 N–H and O–H groups in total. The van der Waals surface area contributed by atoms with Gasteiger partial charge in [-0.25, -0.2) is 4.79 Å². The zero-order valence-corrected chi connectivity index (χ0v) is 15.4. The van der Waals surface area contributed by atoms with Crippen LogP contribution in [0.5, 0.6) is 0 Å². The van der Waals surface area contributed by atoms with Crippen molar-refractivity contribution in [3.05, 3.63) is 29.8 Å². The van der Waals surface area contributed by atoms with E-state index in [1.54, 1.807) is 0 Å². The van der Waals surface area contributed by atoms with Gasteiger partial charge in [0.1, 0.15) is 4.90 Å². The van der Waals surface area contributed by atoms with Gasteiger partial charge in [-0.05, 0) is 12.1 Å². The van der Waals surface area contributed by atoms with E-state index in [1.807, 2.05) is 0 Å². The van der Waals surface area contributed by atoms with Gasteiger partial charge in [0.2, 0.25) is 0 Å². The third kappa shape index (κ3) is 5.84. The molecule has 15 heavy (non-hydrogen) atoms. The predicted octanol–water partition coefficient (Wildman–Crippen LogP) is -0.130. The van der Waals surface area contributed by atoms with E-state index < -0.39 is 26.5 Å². The summed E-state index contributed by atoms with van der Waals surface area (Å²) in [5, 5.41) is 8.55. The van der Waals surface area contributed by atoms with E-state index >= 15 is 0 Å². The molecule has 0 spiro atoms. The van der Waals surface area contributed by atoms with E-state index in [-0.39, 0.29) is 103 Å². The first-order chi connectivity index (χ1) is 5.93. The molecule has 8 heteroatoms. The first-order valence-corrected chi connectivity index (χ1v) is 4.67. The molecular formula is C7H6K2O5S. The zero-order chi connectivity index (χ0) is 10.1. The van der Waals surface area contributed by atoms with Gasteiger partial charge in [-0.3, -0.25) is 4.55 Å². The average Bonchev–Trinajstić information content (AvgIpc) is 2.03. The molecule has 0 atom stereocenters. The summed E-state index contributed by atoms with van der Waals surface area (Å²) in [4.78, 5) is 9.90. The molecular weight excluding hydrogens is 274 g/mol. The number of rotatable bonds is 2. The van der Waals surface area contributed by atoms with E-state index in [0.29, 0.717) is 0 Å². The molecule has 0 amide bonds. The van der Waals surface area contributed by atoms with E-state index in [0.717, 1.165) is 12.1 Å². The van der Waals surface area contributed by atoms with Gasteiger partial charge in [0.15, 0.2) is 0 Å². The van der Waals surface area contributed by atoms with Gasteiger partial charge in [0.05, 0.1) is 5.56 Å². The van der Waals surface area contributed by atoms with Gasteiger partial charge >= 0.3 is 5.97 Å². The number of carboxylic acid groups (broad SMARTS) is 1. The second-order valence-corrected chi connectivity index (χ2v) is 3.67. The molecule has 0 saturated heterocycles. The van der Waals surface area contributed by atoms with E-state index in [9.17, 15) is 13.2 Å². The molecule has 1 aromatic rings. The quantitative estimate of drug-likeness (QED) is 0.581. The summed E-state index contributed by atoms with van der Waals surface area (Å²) in [5.41, 5.74) is -0.440. The first kappa shape index (κ1) is 19.2. The number of hydrogen-bond donors (Lipinski definition) is 2. The maximum absolute atomic E-state index is 10.7. The van der Waals surface area contributed by atoms with Gasteiger partial charge in [-0.1, -0.05) is 12.1 Å². The van der Waals surface area contributed by atoms with Crippen LogP contribution < -0.4 is 0 Å². The van der Waals surface area contributed by atoms with Crippen molar-refractivity contribution >= 4 is 119 Å². The molecule has 72 valence electrons. The van der Waals surface area contributed by atoms with Crippen LogP contribution in [0.3, 0.4) is 0 Å². The van der Waals surface area contributed by atoms with Crippen LogP contribution in [0.1, 0.15) is 10.4 Å². The molecule has 0 unspecified atom stereocenters. The Balaban J connectivity index is 0. The zero-order valence-electron chi connectivity index (χ0n) is 8.34. The van der Waals surface area contributed by atoms with Gasteiger partial charge < -0.3 is 5.11 Å². The van der Waals surface area contributed by atoms with Gasteiger partial charge in [-0.15, -0.1) is 0 Å². The number of hydrogen-bond acceptors (Lipinski definition) is 3. The minimum absolute atomic E-state index is 0. The molecule has 0 aliphatic carbocycles. The monoisotopic (exact) mass is 280 g/mol. The normalized spacial score (nSPS) is 9.67. The summed E-state index contributed by atoms with van der Waals surface area (Å²) in [6.07, 6.45) is 0. The Hall–Kier alpha value is 1.87. The Morgan fingerprint density at radius 2 is 1.60 bits per heavy atom. The summed E-state index contributed by atoms with van der Waals surface area (Å²) < 4.78 is 29.9. The van der Waals surface area contributed by atoms with Gasteiger partial charge in [-0.2, -0.15) is 8.42 Å². The number of carboxylic acids is 1. The molecule has 0 fully saturated rings. The van der Waals surface area contributed by atoms with Crippen LogP contribution in [-0.2, 0) is 10.1 Å². The van der Waals surface area contributed by atoms with Crippen molar-refractivity contribution in [1.82, 2.24) is 0 Å². The summed E-state index contributed by atoms with van der Waals surface area (Å²) in [6.45, 7) is 0. The Labute approximate surface area is 172 Å². The van der Waals surface area contributed by atoms with Crippen molar-refractivity contribution < 1.29 is 22.9 Å². The second-order valence-electron chi connectivity index (χ2n) is 2.28. The van der Waals surface area contributed by atoms with E-state index in [1.165, 1.54) is 12.1 Å². The van der Waals surface area contributed by atoms with Crippen molar-refractivity contribution in [2.75, 3.05) is 0 Å². The van der Waals surface area contributed by atoms with Crippen molar-refractivity contribution in [1.29, 1.82) is 0 Å². The smallest absolute Gasteiger partial charge is 0.337 e. The van der Waals surface area contributed by atoms with Crippen LogP contribution in [0.4, 0.5) is 0 Å². The fourth-order valence-electron chi connectivity index (χ4n) is 0.868. The topological polar surface area (TPSA) is 91.7 Å². The van der Waals surface area contributed by atoms with Crippen LogP contribution in [0.15, 0.2) is 29.2 Å². The predicted molar refractivity (Wildman–Crippen MR) is 54.7 cm³/mol. The van der Waals surface area contributed by atoms with E-state index in [4.69, 9.17) is 9.66 Å². The number of benzene rings is 1. The molecule has 0 heterocycles. The SMILES string of the molecule is O=C(O)c1ccccc1S(=O)(=O)O.[K].[K]. The standard InChI is InChI=1S/C7H6O5S.2K/c8-7(9)5-3-1-2-4-6(5)13(10,11)12;;/h1-4H,(H,8,9)(H,10,11,12);;. The molecule has 0 aliphatic rings. The third-order valence-corrected chi connectivity index (χ3v) is 2.31.